The number of carbonyl (C=O) groups excluding carboxylic acids is 3. The monoisotopic (exact) mass is 872 g/mol. The minimum Gasteiger partial charge on any atom is -0.472 e. The van der Waals surface area contributed by atoms with E-state index in [1.165, 1.54) is 4.90 Å². The number of benzene rings is 1. The molecule has 4 heterocycles. The van der Waals surface area contributed by atoms with E-state index in [4.69, 9.17) is 9.47 Å². The van der Waals surface area contributed by atoms with Gasteiger partial charge in [0.25, 0.3) is 11.8 Å². The van der Waals surface area contributed by atoms with Crippen LogP contribution in [0.25, 0.3) is 10.8 Å². The van der Waals surface area contributed by atoms with Crippen molar-refractivity contribution >= 4 is 50.3 Å². The van der Waals surface area contributed by atoms with Crippen LogP contribution in [-0.4, -0.2) is 125 Å². The number of sulfonamides is 1. The fourth-order valence-electron chi connectivity index (χ4n) is 9.12. The summed E-state index contributed by atoms with van der Waals surface area (Å²) in [6, 6.07) is 4.50. The highest BCUT2D eigenvalue weighted by molar-refractivity contribution is 7.91. The van der Waals surface area contributed by atoms with Crippen molar-refractivity contribution in [3.8, 4) is 5.88 Å². The van der Waals surface area contributed by atoms with Crippen molar-refractivity contribution < 1.29 is 51.0 Å². The summed E-state index contributed by atoms with van der Waals surface area (Å²) in [5, 5.41) is 15.0. The highest BCUT2D eigenvalue weighted by Gasteiger charge is 2.63. The fourth-order valence-corrected chi connectivity index (χ4v) is 10.4. The van der Waals surface area contributed by atoms with Crippen LogP contribution >= 0.6 is 0 Å². The van der Waals surface area contributed by atoms with Crippen molar-refractivity contribution in [1.82, 2.24) is 24.8 Å². The SMILES string of the molecule is C[C@@H]1CC/C=C\[C@@H]2C[C@@]2(C(=O)NS(=O)(=O)C2(C)CC2)NC(=O)[C@@H]2C[C@@H](Oc3ncc(N4CCOCC4)c4ccccc34)CN2C(=O)[C@@H](N(C(=O)O)C(C)(C)C(C)(F)F)[C@H](C)C1. The number of fused-ring (bicyclic) bond motifs is 3. The number of carbonyl (C=O) groups is 4. The molecule has 4 fully saturated rings. The van der Waals surface area contributed by atoms with Gasteiger partial charge in [0.2, 0.25) is 27.7 Å². The predicted octanol–water partition coefficient (Wildman–Crippen LogP) is 5.09. The second kappa shape index (κ2) is 16.3. The zero-order chi connectivity index (χ0) is 44.3. The quantitative estimate of drug-likeness (QED) is 0.285. The van der Waals surface area contributed by atoms with Gasteiger partial charge >= 0.3 is 6.09 Å². The summed E-state index contributed by atoms with van der Waals surface area (Å²) in [6.07, 6.45) is 4.86. The van der Waals surface area contributed by atoms with Gasteiger partial charge in [0.1, 0.15) is 29.3 Å². The zero-order valence-corrected chi connectivity index (χ0v) is 36.5. The van der Waals surface area contributed by atoms with E-state index in [1.54, 1.807) is 26.1 Å². The van der Waals surface area contributed by atoms with E-state index < -0.39 is 85.6 Å². The molecule has 15 nitrogen and oxygen atoms in total. The van der Waals surface area contributed by atoms with Crippen molar-refractivity contribution in [1.29, 1.82) is 0 Å². The Kier molecular flexibility index (Phi) is 11.9. The number of anilines is 1. The predicted molar refractivity (Wildman–Crippen MR) is 223 cm³/mol. The number of aromatic nitrogens is 1. The highest BCUT2D eigenvalue weighted by Crippen LogP contribution is 2.48. The molecule has 3 aliphatic heterocycles. The van der Waals surface area contributed by atoms with E-state index in [-0.39, 0.29) is 31.2 Å². The van der Waals surface area contributed by atoms with Gasteiger partial charge in [-0.2, -0.15) is 0 Å². The van der Waals surface area contributed by atoms with Crippen LogP contribution in [0.4, 0.5) is 19.3 Å². The number of nitrogens with zero attached hydrogens (tertiary/aromatic N) is 4. The molecule has 1 aromatic carbocycles. The summed E-state index contributed by atoms with van der Waals surface area (Å²) >= 11 is 0. The third kappa shape index (κ3) is 8.50. The summed E-state index contributed by atoms with van der Waals surface area (Å²) < 4.78 is 70.6. The molecule has 4 amide bonds. The zero-order valence-electron chi connectivity index (χ0n) is 35.7. The van der Waals surface area contributed by atoms with E-state index >= 15 is 13.6 Å². The molecule has 18 heteroatoms. The first kappa shape index (κ1) is 44.5. The van der Waals surface area contributed by atoms with Crippen LogP contribution in [0, 0.1) is 17.8 Å². The summed E-state index contributed by atoms with van der Waals surface area (Å²) in [5.41, 5.74) is -3.15. The number of halogens is 2. The average molecular weight is 873 g/mol. The van der Waals surface area contributed by atoms with Crippen molar-refractivity contribution in [2.45, 2.75) is 126 Å². The fraction of sp³-hybridized carbons (Fsp3) is 0.651. The molecule has 5 aliphatic rings. The molecule has 1 aromatic heterocycles. The minimum absolute atomic E-state index is 0.0948. The van der Waals surface area contributed by atoms with Crippen LogP contribution in [0.15, 0.2) is 42.6 Å². The van der Waals surface area contributed by atoms with Gasteiger partial charge in [-0.15, -0.1) is 0 Å². The molecule has 0 radical (unpaired) electrons. The van der Waals surface area contributed by atoms with Crippen molar-refractivity contribution in [3.05, 3.63) is 42.6 Å². The number of alkyl halides is 2. The molecule has 7 atom stereocenters. The van der Waals surface area contributed by atoms with E-state index in [0.717, 1.165) is 24.9 Å². The molecular weight excluding hydrogens is 815 g/mol. The molecule has 2 aliphatic carbocycles. The first-order chi connectivity index (χ1) is 28.6. The molecule has 0 spiro atoms. The maximum Gasteiger partial charge on any atom is 0.408 e. The Balaban J connectivity index is 1.28. The standard InChI is InChI=1S/C43H58F2N6O9S/c1-26-11-7-8-12-28-23-43(28,38(54)48-61(57,58)41(5)15-16-41)47-35(52)32-22-29(60-36-31-14-10-9-13-30(31)33(24-46-36)49-17-19-59-20-18-49)25-50(32)37(53)34(27(2)21-26)51(39(55)56)40(3,4)42(6,44)45/h8-10,12-14,24,26-29,32,34H,7,11,15-23,25H2,1-6H3,(H,47,52)(H,48,54)(H,55,56)/b12-8-/t26-,27-,28-,29-,32+,34+,43-/m1/s1. The highest BCUT2D eigenvalue weighted by atomic mass is 32.2. The van der Waals surface area contributed by atoms with Crippen LogP contribution in [0.1, 0.15) is 86.5 Å². The maximum atomic E-state index is 15.4. The Morgan fingerprint density at radius 3 is 2.39 bits per heavy atom. The van der Waals surface area contributed by atoms with Gasteiger partial charge in [0.15, 0.2) is 0 Å². The first-order valence-corrected chi connectivity index (χ1v) is 22.7. The molecule has 0 bridgehead atoms. The van der Waals surface area contributed by atoms with Gasteiger partial charge in [-0.05, 0) is 77.2 Å². The number of rotatable bonds is 9. The Bertz CT molecular complexity index is 2190. The van der Waals surface area contributed by atoms with Gasteiger partial charge < -0.3 is 29.7 Å². The van der Waals surface area contributed by atoms with Gasteiger partial charge in [-0.1, -0.05) is 44.2 Å². The number of nitrogens with one attached hydrogen (secondary N) is 2. The van der Waals surface area contributed by atoms with Crippen LogP contribution < -0.4 is 19.7 Å². The molecule has 334 valence electrons. The number of hydrogen-bond donors (Lipinski definition) is 3. The normalized spacial score (nSPS) is 30.2. The van der Waals surface area contributed by atoms with Gasteiger partial charge in [0.05, 0.1) is 36.4 Å². The molecule has 2 saturated heterocycles. The van der Waals surface area contributed by atoms with E-state index in [2.05, 4.69) is 19.9 Å². The molecule has 3 N–H and O–H groups in total. The lowest BCUT2D eigenvalue weighted by Crippen LogP contribution is -2.66. The topological polar surface area (TPSA) is 188 Å². The van der Waals surface area contributed by atoms with Crippen LogP contribution in [0.2, 0.25) is 0 Å². The van der Waals surface area contributed by atoms with E-state index in [0.29, 0.717) is 75.6 Å². The van der Waals surface area contributed by atoms with Gasteiger partial charge in [0, 0.05) is 43.1 Å². The lowest BCUT2D eigenvalue weighted by molar-refractivity contribution is -0.156. The first-order valence-electron chi connectivity index (χ1n) is 21.2. The molecule has 2 saturated carbocycles. The third-order valence-electron chi connectivity index (χ3n) is 13.7. The number of amides is 4. The van der Waals surface area contributed by atoms with E-state index in [9.17, 15) is 27.9 Å². The lowest BCUT2D eigenvalue weighted by Gasteiger charge is -2.47. The third-order valence-corrected chi connectivity index (χ3v) is 15.9. The number of morpholine rings is 1. The summed E-state index contributed by atoms with van der Waals surface area (Å²) in [6.45, 7) is 10.1. The summed E-state index contributed by atoms with van der Waals surface area (Å²) in [5.74, 6) is -7.35. The Hall–Kier alpha value is -4.58. The molecule has 7 rings (SSSR count). The maximum absolute atomic E-state index is 15.4. The number of allylic oxidation sites excluding steroid dienone is 1. The van der Waals surface area contributed by atoms with Gasteiger partial charge in [-0.3, -0.25) is 24.0 Å². The smallest absolute Gasteiger partial charge is 0.408 e. The van der Waals surface area contributed by atoms with Crippen LogP contribution in [-0.2, 0) is 29.1 Å². The number of ether oxygens (including phenoxy) is 2. The van der Waals surface area contributed by atoms with E-state index in [1.807, 2.05) is 37.3 Å². The Morgan fingerprint density at radius 1 is 1.08 bits per heavy atom. The molecule has 0 unspecified atom stereocenters. The van der Waals surface area contributed by atoms with Gasteiger partial charge in [-0.25, -0.2) is 27.0 Å². The average Bonchev–Trinajstić information content (AvgIpc) is 4.08. The van der Waals surface area contributed by atoms with Crippen LogP contribution in [0.3, 0.4) is 0 Å². The van der Waals surface area contributed by atoms with Crippen molar-refractivity contribution in [3.63, 3.8) is 0 Å². The largest absolute Gasteiger partial charge is 0.472 e. The Morgan fingerprint density at radius 2 is 1.75 bits per heavy atom. The summed E-state index contributed by atoms with van der Waals surface area (Å²) in [4.78, 5) is 65.7. The Labute approximate surface area is 355 Å². The lowest BCUT2D eigenvalue weighted by atomic mass is 9.84. The second-order valence-electron chi connectivity index (χ2n) is 18.6. The molecule has 2 aromatic rings. The molecular formula is C43H58F2N6O9S. The summed E-state index contributed by atoms with van der Waals surface area (Å²) in [7, 11) is -4.09. The number of hydrogen-bond acceptors (Lipinski definition) is 10. The minimum atomic E-state index is -4.09. The van der Waals surface area contributed by atoms with Crippen LogP contribution in [0.5, 0.6) is 5.88 Å². The van der Waals surface area contributed by atoms with Crippen molar-refractivity contribution in [2.75, 3.05) is 37.7 Å². The number of pyridine rings is 1. The van der Waals surface area contributed by atoms with Crippen molar-refractivity contribution in [2.24, 2.45) is 17.8 Å². The number of carboxylic acid groups (broad SMARTS) is 1. The molecule has 61 heavy (non-hydrogen) atoms. The second-order valence-corrected chi connectivity index (χ2v) is 20.8.